The Morgan fingerprint density at radius 2 is 0.667 bits per heavy atom. The van der Waals surface area contributed by atoms with E-state index in [9.17, 15) is 110 Å². The topological polar surface area (TPSA) is 20.9 Å². The Kier molecular flexibility index (Phi) is 16.0. The van der Waals surface area contributed by atoms with Crippen LogP contribution in [0.5, 0.6) is 0 Å². The van der Waals surface area contributed by atoms with E-state index < -0.39 is 195 Å². The average Bonchev–Trinajstić information content (AvgIpc) is 3.58. The molecule has 1 aliphatic rings. The van der Waals surface area contributed by atoms with E-state index in [0.29, 0.717) is 6.54 Å². The molecule has 428 valence electrons. The summed E-state index contributed by atoms with van der Waals surface area (Å²) in [6, 6.07) is 15.2. The van der Waals surface area contributed by atoms with Gasteiger partial charge < -0.3 is 0 Å². The summed E-state index contributed by atoms with van der Waals surface area (Å²) in [6.07, 6.45) is -48.4. The number of carbonyl (C=O) groups excluding carboxylic acids is 1. The number of Topliss-reactive ketones (excluding diaryl/α,β-unsaturated/α-hetero) is 1. The maximum atomic E-state index is 14.2. The number of nitrogens with zero attached hydrogens (tertiary/aromatic N) is 1. The number of halogens is 24. The van der Waals surface area contributed by atoms with Crippen LogP contribution in [0.1, 0.15) is 77.6 Å². The zero-order valence-electron chi connectivity index (χ0n) is 39.9. The summed E-state index contributed by atoms with van der Waals surface area (Å²) >= 11 is 0. The van der Waals surface area contributed by atoms with E-state index in [0.717, 1.165) is 11.3 Å². The maximum Gasteiger partial charge on any atom is 0.416 e. The average molecular weight is 1180 g/mol. The second kappa shape index (κ2) is 21.3. The zero-order chi connectivity index (χ0) is 60.3. The number of hydrogen-bond donors (Lipinski definition) is 0. The highest BCUT2D eigenvalue weighted by Crippen LogP contribution is 2.42. The van der Waals surface area contributed by atoms with Crippen LogP contribution in [0.25, 0.3) is 6.08 Å². The van der Waals surface area contributed by atoms with Crippen LogP contribution in [0.4, 0.5) is 105 Å². The van der Waals surface area contributed by atoms with Crippen LogP contribution in [0.15, 0.2) is 158 Å². The predicted octanol–water partition coefficient (Wildman–Crippen LogP) is 15.2. The standard InChI is InChI=1S/C32H12BF24.C22H18NO/c34-25(35,36)13-1-14(26(37,38)39)6-21(5-13)33(22-7-15(27(40,41)42)2-16(8-22)28(43,44)45,23-9-17(29(46,47)48)3-18(10-23)30(49,50)51)24-11-19(31(52,53)54)4-20(12-24)32(55,56)57;24-22(18-9-2-1-3-10-18)16-23-15-7-6-12-21(23)20-14-13-17-8-4-5-11-19(17)20/h1-12H;1-15,20H,16H2/q-1;+1. The van der Waals surface area contributed by atoms with E-state index in [-0.39, 0.29) is 11.7 Å². The van der Waals surface area contributed by atoms with Gasteiger partial charge in [-0.3, -0.25) is 4.79 Å². The highest BCUT2D eigenvalue weighted by Gasteiger charge is 2.47. The lowest BCUT2D eigenvalue weighted by Crippen LogP contribution is -2.75. The molecule has 0 fully saturated rings. The smallest absolute Gasteiger partial charge is 0.287 e. The molecule has 0 radical (unpaired) electrons. The molecule has 0 saturated heterocycles. The van der Waals surface area contributed by atoms with Gasteiger partial charge in [-0.05, 0) is 35.4 Å². The zero-order valence-corrected chi connectivity index (χ0v) is 39.9. The summed E-state index contributed by atoms with van der Waals surface area (Å²) in [5.74, 6) is 0.328. The van der Waals surface area contributed by atoms with E-state index >= 15 is 0 Å². The molecule has 27 heteroatoms. The normalized spacial score (nSPS) is 14.6. The quantitative estimate of drug-likeness (QED) is 0.0643. The van der Waals surface area contributed by atoms with Crippen LogP contribution in [0.3, 0.4) is 0 Å². The van der Waals surface area contributed by atoms with Gasteiger partial charge in [-0.25, -0.2) is 0 Å². The van der Waals surface area contributed by atoms with Crippen LogP contribution >= 0.6 is 0 Å². The fourth-order valence-electron chi connectivity index (χ4n) is 9.36. The van der Waals surface area contributed by atoms with E-state index in [2.05, 4.69) is 47.1 Å². The molecule has 7 aromatic rings. The summed E-state index contributed by atoms with van der Waals surface area (Å²) < 4.78 is 343. The number of ketones is 1. The van der Waals surface area contributed by atoms with Crippen molar-refractivity contribution in [1.29, 1.82) is 0 Å². The van der Waals surface area contributed by atoms with Gasteiger partial charge in [0.1, 0.15) is 6.15 Å². The minimum absolute atomic E-state index is 0.128. The van der Waals surface area contributed by atoms with Crippen molar-refractivity contribution < 1.29 is 115 Å². The highest BCUT2D eigenvalue weighted by atomic mass is 19.4. The number of rotatable bonds is 8. The monoisotopic (exact) mass is 1180 g/mol. The van der Waals surface area contributed by atoms with Gasteiger partial charge in [0.2, 0.25) is 12.3 Å². The van der Waals surface area contributed by atoms with Gasteiger partial charge in [0.15, 0.2) is 11.9 Å². The van der Waals surface area contributed by atoms with Crippen molar-refractivity contribution in [2.45, 2.75) is 61.9 Å². The Morgan fingerprint density at radius 3 is 0.988 bits per heavy atom. The molecule has 0 bridgehead atoms. The first-order chi connectivity index (χ1) is 37.1. The molecule has 0 amide bonds. The predicted molar refractivity (Wildman–Crippen MR) is 245 cm³/mol. The number of hydrogen-bond acceptors (Lipinski definition) is 1. The number of fused-ring (bicyclic) bond motifs is 1. The summed E-state index contributed by atoms with van der Waals surface area (Å²) in [6.45, 7) is 0.354. The molecule has 0 N–H and O–H groups in total. The molecular weight excluding hydrogens is 1150 g/mol. The number of aromatic nitrogens is 1. The number of carbonyl (C=O) groups is 1. The van der Waals surface area contributed by atoms with Crippen molar-refractivity contribution in [3.05, 3.63) is 225 Å². The van der Waals surface area contributed by atoms with Gasteiger partial charge in [-0.15, -0.1) is 0 Å². The van der Waals surface area contributed by atoms with Crippen molar-refractivity contribution in [1.82, 2.24) is 0 Å². The minimum Gasteiger partial charge on any atom is -0.287 e. The van der Waals surface area contributed by atoms with Crippen LogP contribution < -0.4 is 26.4 Å². The van der Waals surface area contributed by atoms with Crippen molar-refractivity contribution in [3.8, 4) is 0 Å². The first-order valence-electron chi connectivity index (χ1n) is 22.8. The van der Waals surface area contributed by atoms with Gasteiger partial charge in [-0.2, -0.15) is 132 Å². The molecule has 1 aliphatic carbocycles. The lowest BCUT2D eigenvalue weighted by molar-refractivity contribution is -0.691. The van der Waals surface area contributed by atoms with Gasteiger partial charge in [0.05, 0.1) is 50.4 Å². The third-order valence-electron chi connectivity index (χ3n) is 12.9. The Hall–Kier alpha value is -7.74. The molecule has 0 saturated carbocycles. The van der Waals surface area contributed by atoms with Crippen molar-refractivity contribution in [3.63, 3.8) is 0 Å². The molecule has 1 unspecified atom stereocenters. The maximum absolute atomic E-state index is 14.2. The van der Waals surface area contributed by atoms with Gasteiger partial charge >= 0.3 is 49.4 Å². The first-order valence-corrected chi connectivity index (χ1v) is 22.8. The fourth-order valence-corrected chi connectivity index (χ4v) is 9.36. The second-order valence-corrected chi connectivity index (χ2v) is 18.2. The third-order valence-corrected chi connectivity index (χ3v) is 12.9. The Labute approximate surface area is 440 Å². The molecule has 1 heterocycles. The number of pyridine rings is 1. The molecule has 1 atom stereocenters. The first kappa shape index (κ1) is 60.9. The van der Waals surface area contributed by atoms with Gasteiger partial charge in [0, 0.05) is 17.7 Å². The van der Waals surface area contributed by atoms with Crippen LogP contribution in [0, 0.1) is 0 Å². The van der Waals surface area contributed by atoms with Crippen LogP contribution in [-0.2, 0) is 56.0 Å². The number of allylic oxidation sites excluding steroid dienone is 1. The van der Waals surface area contributed by atoms with Gasteiger partial charge in [-0.1, -0.05) is 121 Å². The minimum atomic E-state index is -6.13. The highest BCUT2D eigenvalue weighted by molar-refractivity contribution is 7.20. The van der Waals surface area contributed by atoms with Crippen molar-refractivity contribution in [2.75, 3.05) is 0 Å². The summed E-state index contributed by atoms with van der Waals surface area (Å²) in [4.78, 5) is 12.6. The summed E-state index contributed by atoms with van der Waals surface area (Å²) in [5, 5.41) is 0. The molecule has 2 nitrogen and oxygen atoms in total. The summed E-state index contributed by atoms with van der Waals surface area (Å²) in [5.41, 5.74) is -25.8. The molecule has 0 spiro atoms. The third kappa shape index (κ3) is 13.4. The van der Waals surface area contributed by atoms with E-state index in [1.165, 1.54) is 11.1 Å². The molecule has 8 rings (SSSR count). The lowest BCUT2D eigenvalue weighted by atomic mass is 9.12. The van der Waals surface area contributed by atoms with Crippen molar-refractivity contribution in [2.24, 2.45) is 0 Å². The van der Waals surface area contributed by atoms with E-state index in [1.54, 1.807) is 0 Å². The molecule has 0 aliphatic heterocycles. The Bertz CT molecular complexity index is 3050. The molecule has 1 aromatic heterocycles. The molecule has 6 aromatic carbocycles. The second-order valence-electron chi connectivity index (χ2n) is 18.2. The Morgan fingerprint density at radius 1 is 0.370 bits per heavy atom. The number of benzene rings is 6. The Balaban J connectivity index is 0.000000323. The van der Waals surface area contributed by atoms with E-state index in [1.807, 2.05) is 48.7 Å². The number of alkyl halides is 24. The van der Waals surface area contributed by atoms with Gasteiger partial charge in [0.25, 0.3) is 0 Å². The van der Waals surface area contributed by atoms with Crippen molar-refractivity contribution >= 4 is 39.9 Å². The van der Waals surface area contributed by atoms with E-state index in [4.69, 9.17) is 0 Å². The van der Waals surface area contributed by atoms with Crippen LogP contribution in [-0.4, -0.2) is 11.9 Å². The lowest BCUT2D eigenvalue weighted by Gasteiger charge is -2.46. The van der Waals surface area contributed by atoms with Crippen LogP contribution in [0.2, 0.25) is 0 Å². The SMILES string of the molecule is FC(F)(F)c1cc([B-](c2cc(C(F)(F)F)cc(C(F)(F)F)c2)(c2cc(C(F)(F)F)cc(C(F)(F)F)c2)c2cc(C(F)(F)F)cc(C(F)(F)F)c2)cc(C(F)(F)F)c1.O=C(C[n+]1ccccc1C1C=Cc2ccccc21)c1ccccc1. The fraction of sp³-hybridized carbons (Fsp3) is 0.185. The summed E-state index contributed by atoms with van der Waals surface area (Å²) in [7, 11) is 0. The molecular formula is C54H30BF24NO. The molecule has 81 heavy (non-hydrogen) atoms. The largest absolute Gasteiger partial charge is 0.416 e.